The highest BCUT2D eigenvalue weighted by molar-refractivity contribution is 5.88. The van der Waals surface area contributed by atoms with Crippen molar-refractivity contribution < 1.29 is 0 Å². The highest BCUT2D eigenvalue weighted by Crippen LogP contribution is 2.52. The molecule has 13 aromatic rings. The third-order valence-corrected chi connectivity index (χ3v) is 18.7. The zero-order valence-corrected chi connectivity index (χ0v) is 68.5. The van der Waals surface area contributed by atoms with Crippen LogP contribution in [0.4, 0.5) is 0 Å². The Morgan fingerprint density at radius 2 is 0.752 bits per heavy atom. The second kappa shape index (κ2) is 34.6. The van der Waals surface area contributed by atoms with Gasteiger partial charge in [-0.05, 0) is 147 Å². The molecule has 0 aliphatic heterocycles. The molecule has 7 nitrogen and oxygen atoms in total. The van der Waals surface area contributed by atoms with Crippen molar-refractivity contribution in [2.75, 3.05) is 0 Å². The van der Waals surface area contributed by atoms with Gasteiger partial charge in [-0.2, -0.15) is 0 Å². The van der Waals surface area contributed by atoms with Gasteiger partial charge in [-0.25, -0.2) is 0 Å². The van der Waals surface area contributed by atoms with Gasteiger partial charge in [0, 0.05) is 123 Å². The molecule has 0 fully saturated rings. The van der Waals surface area contributed by atoms with Crippen LogP contribution < -0.4 is 0 Å². The van der Waals surface area contributed by atoms with Gasteiger partial charge in [0.2, 0.25) is 0 Å². The lowest BCUT2D eigenvalue weighted by Gasteiger charge is -2.25. The van der Waals surface area contributed by atoms with Gasteiger partial charge >= 0.3 is 0 Å². The first kappa shape index (κ1) is 82.7. The summed E-state index contributed by atoms with van der Waals surface area (Å²) in [6, 6.07) is 67.7. The van der Waals surface area contributed by atoms with Gasteiger partial charge in [-0.1, -0.05) is 326 Å². The van der Waals surface area contributed by atoms with Crippen LogP contribution in [0.25, 0.3) is 54.2 Å². The summed E-state index contributed by atoms with van der Waals surface area (Å²) in [4.78, 5) is 29.7. The van der Waals surface area contributed by atoms with Crippen LogP contribution in [0.15, 0.2) is 262 Å². The van der Waals surface area contributed by atoms with Crippen LogP contribution in [-0.2, 0) is 48.7 Å². The maximum Gasteiger partial charge on any atom is 0.0535 e. The molecule has 14 rings (SSSR count). The molecule has 0 atom stereocenters. The Balaban J connectivity index is 0.000000169. The number of hydrogen-bond acceptors (Lipinski definition) is 7. The van der Waals surface area contributed by atoms with Gasteiger partial charge in [-0.15, -0.1) is 0 Å². The number of benzene rings is 6. The van der Waals surface area contributed by atoms with E-state index in [1.807, 2.05) is 86.2 Å². The predicted molar refractivity (Wildman–Crippen MR) is 453 cm³/mol. The third kappa shape index (κ3) is 23.2. The van der Waals surface area contributed by atoms with E-state index in [1.165, 1.54) is 98.9 Å². The van der Waals surface area contributed by atoms with Gasteiger partial charge in [0.25, 0.3) is 0 Å². The number of pyridine rings is 7. The summed E-state index contributed by atoms with van der Waals surface area (Å²) in [7, 11) is 0. The Labute approximate surface area is 632 Å². The Morgan fingerprint density at radius 1 is 0.248 bits per heavy atom. The molecule has 105 heavy (non-hydrogen) atoms. The van der Waals surface area contributed by atoms with Crippen LogP contribution in [0.1, 0.15) is 236 Å². The number of nitrogens with zero attached hydrogens (tertiary/aromatic N) is 7. The fourth-order valence-corrected chi connectivity index (χ4v) is 12.5. The van der Waals surface area contributed by atoms with E-state index < -0.39 is 0 Å². The van der Waals surface area contributed by atoms with E-state index in [9.17, 15) is 0 Å². The van der Waals surface area contributed by atoms with Crippen molar-refractivity contribution in [1.82, 2.24) is 34.9 Å². The van der Waals surface area contributed by atoms with Crippen molar-refractivity contribution in [2.45, 2.75) is 229 Å². The molecular formula is C98H121N7. The second-order valence-electron chi connectivity index (χ2n) is 36.2. The van der Waals surface area contributed by atoms with Crippen LogP contribution in [0.2, 0.25) is 0 Å². The van der Waals surface area contributed by atoms with E-state index in [-0.39, 0.29) is 48.7 Å². The first-order chi connectivity index (χ1) is 49.0. The zero-order valence-electron chi connectivity index (χ0n) is 68.5. The standard InChI is InChI=1S/C19H22.4C13H15N.3C9H13N/c1-18(2,3)15-11-8-12-16-17(15)13-9-6-7-10-14(13)19(16,4)5;1-13(2,3)12-6-4-5-10-7-8-14-9-11(10)12;1-13(2,3)12-9-14-8-10-6-4-5-7-11(10)12;1-13(2,3)12-8-10-6-4-5-7-11(10)9-14-12;1-13(2,3)12-11-7-5-4-6-10(11)8-9-14-12;1-9(2,3)8-4-6-10-7-5-8;1-9(2,3)8-5-4-6-10-7-8;1-9(2,3)8-6-4-5-7-10-8/h6-12H,1-5H3;4*4-9H,1-3H3;3*4-7H,1-3H3. The van der Waals surface area contributed by atoms with Crippen LogP contribution in [-0.4, -0.2) is 34.9 Å². The molecule has 1 aliphatic rings. The van der Waals surface area contributed by atoms with Crippen LogP contribution >= 0.6 is 0 Å². The molecule has 0 unspecified atom stereocenters. The monoisotopic (exact) mass is 1400 g/mol. The van der Waals surface area contributed by atoms with Crippen LogP contribution in [0.5, 0.6) is 0 Å². The summed E-state index contributed by atoms with van der Waals surface area (Å²) >= 11 is 0. The predicted octanol–water partition coefficient (Wildman–Crippen LogP) is 26.6. The van der Waals surface area contributed by atoms with E-state index in [1.54, 1.807) is 6.20 Å². The maximum absolute atomic E-state index is 4.48. The van der Waals surface area contributed by atoms with Crippen molar-refractivity contribution in [1.29, 1.82) is 0 Å². The zero-order chi connectivity index (χ0) is 77.4. The molecule has 0 saturated heterocycles. The molecule has 0 saturated carbocycles. The molecule has 0 spiro atoms. The number of rotatable bonds is 0. The van der Waals surface area contributed by atoms with Crippen LogP contribution in [0.3, 0.4) is 0 Å². The molecule has 0 N–H and O–H groups in total. The topological polar surface area (TPSA) is 90.2 Å². The van der Waals surface area contributed by atoms with Gasteiger partial charge in [-0.3, -0.25) is 34.9 Å². The lowest BCUT2D eigenvalue weighted by molar-refractivity contribution is 0.569. The van der Waals surface area contributed by atoms with Crippen molar-refractivity contribution >= 4 is 43.1 Å². The number of aromatic nitrogens is 7. The molecular weight excluding hydrogens is 1280 g/mol. The highest BCUT2D eigenvalue weighted by atomic mass is 14.7. The molecule has 548 valence electrons. The van der Waals surface area contributed by atoms with Gasteiger partial charge in [0.05, 0.1) is 5.69 Å². The average Bonchev–Trinajstić information content (AvgIpc) is 1.57. The molecule has 7 aromatic heterocycles. The largest absolute Gasteiger partial charge is 0.265 e. The van der Waals surface area contributed by atoms with Crippen molar-refractivity contribution in [2.24, 2.45) is 0 Å². The second-order valence-corrected chi connectivity index (χ2v) is 36.2. The first-order valence-electron chi connectivity index (χ1n) is 37.3. The SMILES string of the molecule is CC(C)(C)c1cc2ccccc2cn1.CC(C)(C)c1cccc2c1-c1ccccc1C2(C)C.CC(C)(C)c1cccc2ccncc12.CC(C)(C)c1ccccn1.CC(C)(C)c1cccnc1.CC(C)(C)c1ccncc1.CC(C)(C)c1cncc2ccccc12.CC(C)(C)c1nccc2ccccc12. The van der Waals surface area contributed by atoms with Gasteiger partial charge in [0.1, 0.15) is 0 Å². The van der Waals surface area contributed by atoms with Crippen LogP contribution in [0, 0.1) is 0 Å². The molecule has 0 bridgehead atoms. The first-order valence-corrected chi connectivity index (χ1v) is 37.3. The van der Waals surface area contributed by atoms with E-state index >= 15 is 0 Å². The normalized spacial score (nSPS) is 12.6. The average molecular weight is 1400 g/mol. The lowest BCUT2D eigenvalue weighted by atomic mass is 9.79. The minimum atomic E-state index is 0.112. The summed E-state index contributed by atoms with van der Waals surface area (Å²) in [5, 5.41) is 10.1. The molecule has 7 heteroatoms. The van der Waals surface area contributed by atoms with E-state index in [0.717, 1.165) is 11.4 Å². The van der Waals surface area contributed by atoms with E-state index in [0.29, 0.717) is 0 Å². The highest BCUT2D eigenvalue weighted by Gasteiger charge is 2.38. The molecule has 6 aromatic carbocycles. The summed E-state index contributed by atoms with van der Waals surface area (Å²) in [5.41, 5.74) is 17.6. The van der Waals surface area contributed by atoms with E-state index in [2.05, 4.69) is 385 Å². The molecule has 1 aliphatic carbocycles. The minimum Gasteiger partial charge on any atom is -0.265 e. The van der Waals surface area contributed by atoms with Gasteiger partial charge in [0.15, 0.2) is 0 Å². The van der Waals surface area contributed by atoms with E-state index in [4.69, 9.17) is 0 Å². The van der Waals surface area contributed by atoms with Crippen molar-refractivity contribution in [3.05, 3.63) is 318 Å². The Hall–Kier alpha value is -9.59. The number of hydrogen-bond donors (Lipinski definition) is 0. The number of fused-ring (bicyclic) bond motifs is 7. The summed E-state index contributed by atoms with van der Waals surface area (Å²) < 4.78 is 0. The van der Waals surface area contributed by atoms with Crippen molar-refractivity contribution in [3.63, 3.8) is 0 Å². The summed E-state index contributed by atoms with van der Waals surface area (Å²) in [5.74, 6) is 0. The Bertz CT molecular complexity index is 4510. The van der Waals surface area contributed by atoms with Gasteiger partial charge < -0.3 is 0 Å². The quantitative estimate of drug-likeness (QED) is 0.149. The molecule has 0 amide bonds. The molecule has 7 heterocycles. The third-order valence-electron chi connectivity index (χ3n) is 18.7. The maximum atomic E-state index is 4.48. The minimum absolute atomic E-state index is 0.112. The smallest absolute Gasteiger partial charge is 0.0535 e. The van der Waals surface area contributed by atoms with Crippen molar-refractivity contribution in [3.8, 4) is 11.1 Å². The Kier molecular flexibility index (Phi) is 27.2. The summed E-state index contributed by atoms with van der Waals surface area (Å²) in [6.07, 6.45) is 20.8. The fourth-order valence-electron chi connectivity index (χ4n) is 12.5. The molecule has 0 radical (unpaired) electrons. The fraction of sp³-hybridized carbons (Fsp3) is 0.357. The Morgan fingerprint density at radius 3 is 1.30 bits per heavy atom. The summed E-state index contributed by atoms with van der Waals surface area (Å²) in [6.45, 7) is 57.7. The lowest BCUT2D eigenvalue weighted by Crippen LogP contribution is -2.16.